The highest BCUT2D eigenvalue weighted by Crippen LogP contribution is 2.22. The fourth-order valence-corrected chi connectivity index (χ4v) is 3.49. The standard InChI is InChI=1S/C19H17ClN2OS/c20-15-8-10-16(11-9-15)22-18(23)13-21-19(17-7-4-12-24-17)14-5-2-1-3-6-14/h1-12,19,21H,13H2,(H,22,23)/p+1/t19-/m1/s1. The molecule has 0 saturated heterocycles. The molecule has 3 aromatic rings. The van der Waals surface area contributed by atoms with Crippen LogP contribution in [0.1, 0.15) is 16.5 Å². The molecular formula is C19H18ClN2OS+. The molecule has 1 amide bonds. The highest BCUT2D eigenvalue weighted by atomic mass is 35.5. The van der Waals surface area contributed by atoms with Gasteiger partial charge in [-0.15, -0.1) is 11.3 Å². The number of benzene rings is 2. The molecule has 0 fully saturated rings. The van der Waals surface area contributed by atoms with E-state index in [1.165, 1.54) is 10.4 Å². The van der Waals surface area contributed by atoms with E-state index in [1.54, 1.807) is 35.6 Å². The topological polar surface area (TPSA) is 45.7 Å². The number of carbonyl (C=O) groups excluding carboxylic acids is 1. The van der Waals surface area contributed by atoms with Gasteiger partial charge in [-0.1, -0.05) is 48.0 Å². The van der Waals surface area contributed by atoms with Crippen LogP contribution in [0.5, 0.6) is 0 Å². The first-order valence-corrected chi connectivity index (χ1v) is 8.95. The van der Waals surface area contributed by atoms with E-state index in [-0.39, 0.29) is 11.9 Å². The average Bonchev–Trinajstić information content (AvgIpc) is 3.12. The summed E-state index contributed by atoms with van der Waals surface area (Å²) in [7, 11) is 0. The van der Waals surface area contributed by atoms with Crippen LogP contribution in [0.25, 0.3) is 0 Å². The molecule has 24 heavy (non-hydrogen) atoms. The van der Waals surface area contributed by atoms with Gasteiger partial charge >= 0.3 is 0 Å². The zero-order valence-electron chi connectivity index (χ0n) is 13.0. The van der Waals surface area contributed by atoms with Crippen LogP contribution in [0.3, 0.4) is 0 Å². The van der Waals surface area contributed by atoms with Gasteiger partial charge < -0.3 is 10.6 Å². The summed E-state index contributed by atoms with van der Waals surface area (Å²) in [6, 6.07) is 21.6. The molecule has 0 spiro atoms. The molecule has 5 heteroatoms. The van der Waals surface area contributed by atoms with Crippen molar-refractivity contribution < 1.29 is 10.1 Å². The maximum Gasteiger partial charge on any atom is 0.279 e. The van der Waals surface area contributed by atoms with Gasteiger partial charge in [0.25, 0.3) is 5.91 Å². The van der Waals surface area contributed by atoms with Crippen LogP contribution in [0.4, 0.5) is 5.69 Å². The van der Waals surface area contributed by atoms with Gasteiger partial charge in [0.1, 0.15) is 6.04 Å². The van der Waals surface area contributed by atoms with E-state index in [4.69, 9.17) is 11.6 Å². The molecule has 122 valence electrons. The first-order chi connectivity index (χ1) is 11.7. The molecular weight excluding hydrogens is 340 g/mol. The predicted molar refractivity (Wildman–Crippen MR) is 99.5 cm³/mol. The maximum absolute atomic E-state index is 12.2. The molecule has 0 radical (unpaired) electrons. The van der Waals surface area contributed by atoms with Gasteiger partial charge in [0.15, 0.2) is 6.54 Å². The fraction of sp³-hybridized carbons (Fsp3) is 0.105. The van der Waals surface area contributed by atoms with Crippen molar-refractivity contribution >= 4 is 34.5 Å². The number of anilines is 1. The maximum atomic E-state index is 12.2. The summed E-state index contributed by atoms with van der Waals surface area (Å²) in [5.41, 5.74) is 1.95. The predicted octanol–water partition coefficient (Wildman–Crippen LogP) is 3.69. The fourth-order valence-electron chi connectivity index (χ4n) is 2.52. The second-order valence-electron chi connectivity index (χ2n) is 5.40. The quantitative estimate of drug-likeness (QED) is 0.694. The van der Waals surface area contributed by atoms with Gasteiger partial charge in [0.05, 0.1) is 4.88 Å². The van der Waals surface area contributed by atoms with Crippen molar-refractivity contribution in [3.63, 3.8) is 0 Å². The Morgan fingerprint density at radius 3 is 2.46 bits per heavy atom. The zero-order chi connectivity index (χ0) is 16.8. The summed E-state index contributed by atoms with van der Waals surface area (Å²) < 4.78 is 0. The number of quaternary nitrogens is 1. The van der Waals surface area contributed by atoms with E-state index >= 15 is 0 Å². The summed E-state index contributed by atoms with van der Waals surface area (Å²) in [6.07, 6.45) is 0. The van der Waals surface area contributed by atoms with E-state index in [9.17, 15) is 4.79 Å². The Kier molecular flexibility index (Phi) is 5.64. The van der Waals surface area contributed by atoms with Crippen LogP contribution in [0.2, 0.25) is 5.02 Å². The number of rotatable bonds is 6. The van der Waals surface area contributed by atoms with Crippen molar-refractivity contribution in [1.29, 1.82) is 0 Å². The minimum absolute atomic E-state index is 0.0326. The smallest absolute Gasteiger partial charge is 0.279 e. The Morgan fingerprint density at radius 1 is 1.04 bits per heavy atom. The third kappa shape index (κ3) is 4.45. The van der Waals surface area contributed by atoms with Crippen molar-refractivity contribution in [2.24, 2.45) is 0 Å². The zero-order valence-corrected chi connectivity index (χ0v) is 14.6. The Hall–Kier alpha value is -2.14. The van der Waals surface area contributed by atoms with Gasteiger partial charge in [-0.25, -0.2) is 0 Å². The van der Waals surface area contributed by atoms with E-state index in [0.29, 0.717) is 11.6 Å². The highest BCUT2D eigenvalue weighted by molar-refractivity contribution is 7.10. The van der Waals surface area contributed by atoms with Gasteiger partial charge in [0, 0.05) is 16.3 Å². The number of halogens is 1. The Balaban J connectivity index is 1.65. The summed E-state index contributed by atoms with van der Waals surface area (Å²) in [6.45, 7) is 0.347. The van der Waals surface area contributed by atoms with Crippen molar-refractivity contribution in [2.75, 3.05) is 11.9 Å². The molecule has 0 aliphatic carbocycles. The number of hydrogen-bond acceptors (Lipinski definition) is 2. The minimum atomic E-state index is -0.0326. The van der Waals surface area contributed by atoms with Gasteiger partial charge in [0.2, 0.25) is 0 Å². The Labute approximate surface area is 150 Å². The number of amides is 1. The lowest BCUT2D eigenvalue weighted by atomic mass is 10.1. The highest BCUT2D eigenvalue weighted by Gasteiger charge is 2.19. The summed E-state index contributed by atoms with van der Waals surface area (Å²) >= 11 is 7.56. The second-order valence-corrected chi connectivity index (χ2v) is 6.81. The molecule has 3 nitrogen and oxygen atoms in total. The Morgan fingerprint density at radius 2 is 1.79 bits per heavy atom. The van der Waals surface area contributed by atoms with Gasteiger partial charge in [-0.3, -0.25) is 4.79 Å². The van der Waals surface area contributed by atoms with Gasteiger partial charge in [-0.2, -0.15) is 0 Å². The third-order valence-corrected chi connectivity index (χ3v) is 4.88. The number of hydrogen-bond donors (Lipinski definition) is 2. The third-order valence-electron chi connectivity index (χ3n) is 3.68. The number of nitrogens with two attached hydrogens (primary N) is 1. The van der Waals surface area contributed by atoms with Crippen molar-refractivity contribution in [3.05, 3.63) is 87.6 Å². The minimum Gasteiger partial charge on any atom is -0.328 e. The molecule has 1 atom stereocenters. The second kappa shape index (κ2) is 8.11. The lowest BCUT2D eigenvalue weighted by Gasteiger charge is -2.14. The molecule has 0 bridgehead atoms. The molecule has 1 heterocycles. The molecule has 0 aliphatic rings. The average molecular weight is 358 g/mol. The first-order valence-electron chi connectivity index (χ1n) is 7.69. The van der Waals surface area contributed by atoms with Crippen LogP contribution in [-0.2, 0) is 4.79 Å². The van der Waals surface area contributed by atoms with Crippen LogP contribution in [0.15, 0.2) is 72.1 Å². The number of thiophene rings is 1. The molecule has 3 N–H and O–H groups in total. The molecule has 2 aromatic carbocycles. The van der Waals surface area contributed by atoms with Crippen LogP contribution in [-0.4, -0.2) is 12.5 Å². The molecule has 0 saturated carbocycles. The molecule has 0 aliphatic heterocycles. The van der Waals surface area contributed by atoms with Crippen LogP contribution < -0.4 is 10.6 Å². The summed E-state index contributed by atoms with van der Waals surface area (Å²) in [5.74, 6) is -0.0326. The van der Waals surface area contributed by atoms with Crippen molar-refractivity contribution in [1.82, 2.24) is 0 Å². The lowest BCUT2D eigenvalue weighted by Crippen LogP contribution is -2.87. The van der Waals surface area contributed by atoms with Crippen LogP contribution in [0, 0.1) is 0 Å². The van der Waals surface area contributed by atoms with E-state index in [1.807, 2.05) is 24.3 Å². The monoisotopic (exact) mass is 357 g/mol. The van der Waals surface area contributed by atoms with Crippen molar-refractivity contribution in [2.45, 2.75) is 6.04 Å². The van der Waals surface area contributed by atoms with E-state index in [2.05, 4.69) is 34.2 Å². The number of carbonyl (C=O) groups is 1. The summed E-state index contributed by atoms with van der Waals surface area (Å²) in [5, 5.41) is 7.67. The SMILES string of the molecule is O=C(C[NH2+][C@H](c1ccccc1)c1cccs1)Nc1ccc(Cl)cc1. The summed E-state index contributed by atoms with van der Waals surface area (Å²) in [4.78, 5) is 13.5. The molecule has 1 aromatic heterocycles. The largest absolute Gasteiger partial charge is 0.328 e. The molecule has 3 rings (SSSR count). The normalized spacial score (nSPS) is 11.9. The molecule has 0 unspecified atom stereocenters. The van der Waals surface area contributed by atoms with Gasteiger partial charge in [-0.05, 0) is 35.7 Å². The van der Waals surface area contributed by atoms with E-state index < -0.39 is 0 Å². The van der Waals surface area contributed by atoms with E-state index in [0.717, 1.165) is 5.69 Å². The first kappa shape index (κ1) is 16.7. The van der Waals surface area contributed by atoms with Crippen molar-refractivity contribution in [3.8, 4) is 0 Å². The van der Waals surface area contributed by atoms with Crippen LogP contribution >= 0.6 is 22.9 Å². The lowest BCUT2D eigenvalue weighted by molar-refractivity contribution is -0.675. The number of nitrogens with one attached hydrogen (secondary N) is 1. The Bertz CT molecular complexity index is 773.